The minimum Gasteiger partial charge on any atom is -0.409 e. The van der Waals surface area contributed by atoms with Gasteiger partial charge in [-0.1, -0.05) is 5.16 Å². The maximum atomic E-state index is 8.68. The molecule has 0 aliphatic carbocycles. The molecule has 19 heavy (non-hydrogen) atoms. The minimum absolute atomic E-state index is 0.0796. The number of pyridine rings is 1. The van der Waals surface area contributed by atoms with Gasteiger partial charge in [-0.25, -0.2) is 4.98 Å². The molecule has 2 aromatic heterocycles. The van der Waals surface area contributed by atoms with Crippen LogP contribution in [0.5, 0.6) is 0 Å². The topological polar surface area (TPSA) is 74.7 Å². The summed E-state index contributed by atoms with van der Waals surface area (Å²) in [6, 6.07) is 5.57. The predicted molar refractivity (Wildman–Crippen MR) is 80.9 cm³/mol. The molecule has 5 nitrogen and oxygen atoms in total. The molecule has 7 heteroatoms. The van der Waals surface area contributed by atoms with E-state index in [-0.39, 0.29) is 5.84 Å². The molecule has 2 heterocycles. The summed E-state index contributed by atoms with van der Waals surface area (Å²) in [6.07, 6.45) is 1.64. The molecular formula is C12H13BrN4OS. The van der Waals surface area contributed by atoms with E-state index in [0.29, 0.717) is 5.56 Å². The summed E-state index contributed by atoms with van der Waals surface area (Å²) in [4.78, 5) is 7.52. The first kappa shape index (κ1) is 13.8. The number of thiophene rings is 1. The Kier molecular flexibility index (Phi) is 4.39. The van der Waals surface area contributed by atoms with Gasteiger partial charge in [0.15, 0.2) is 5.84 Å². The van der Waals surface area contributed by atoms with Crippen molar-refractivity contribution in [3.8, 4) is 0 Å². The number of rotatable bonds is 4. The number of aromatic nitrogens is 1. The quantitative estimate of drug-likeness (QED) is 0.388. The maximum Gasteiger partial charge on any atom is 0.170 e. The molecule has 0 saturated heterocycles. The van der Waals surface area contributed by atoms with Gasteiger partial charge in [-0.15, -0.1) is 11.3 Å². The fraction of sp³-hybridized carbons (Fsp3) is 0.167. The van der Waals surface area contributed by atoms with E-state index in [9.17, 15) is 0 Å². The highest BCUT2D eigenvalue weighted by atomic mass is 79.9. The van der Waals surface area contributed by atoms with E-state index in [0.717, 1.165) is 16.8 Å². The summed E-state index contributed by atoms with van der Waals surface area (Å²) in [6.45, 7) is 0.753. The van der Waals surface area contributed by atoms with Crippen LogP contribution in [0.15, 0.2) is 39.4 Å². The fourth-order valence-electron chi connectivity index (χ4n) is 1.60. The lowest BCUT2D eigenvalue weighted by molar-refractivity contribution is 0.318. The monoisotopic (exact) mass is 340 g/mol. The molecular weight excluding hydrogens is 328 g/mol. The smallest absolute Gasteiger partial charge is 0.170 e. The van der Waals surface area contributed by atoms with Gasteiger partial charge in [-0.2, -0.15) is 0 Å². The summed E-state index contributed by atoms with van der Waals surface area (Å²) in [7, 11) is 1.95. The Labute approximate surface area is 123 Å². The van der Waals surface area contributed by atoms with Crippen LogP contribution >= 0.6 is 27.3 Å². The maximum absolute atomic E-state index is 8.68. The zero-order valence-electron chi connectivity index (χ0n) is 10.2. The van der Waals surface area contributed by atoms with Crippen LogP contribution in [0.1, 0.15) is 10.4 Å². The zero-order chi connectivity index (χ0) is 13.8. The van der Waals surface area contributed by atoms with E-state index in [1.807, 2.05) is 17.3 Å². The third-order valence-corrected chi connectivity index (χ3v) is 4.24. The predicted octanol–water partition coefficient (Wildman–Crippen LogP) is 2.64. The third kappa shape index (κ3) is 3.45. The van der Waals surface area contributed by atoms with Crippen molar-refractivity contribution in [2.24, 2.45) is 10.9 Å². The van der Waals surface area contributed by atoms with Crippen molar-refractivity contribution in [3.05, 3.63) is 44.7 Å². The molecule has 0 aromatic carbocycles. The van der Waals surface area contributed by atoms with E-state index in [1.54, 1.807) is 29.7 Å². The summed E-state index contributed by atoms with van der Waals surface area (Å²) < 4.78 is 1.08. The molecule has 2 aromatic rings. The van der Waals surface area contributed by atoms with Gasteiger partial charge in [-0.05, 0) is 34.1 Å². The van der Waals surface area contributed by atoms with Crippen LogP contribution in [0.4, 0.5) is 5.82 Å². The SMILES string of the molecule is CN(Cc1cc(Br)cs1)c1cc(C(N)=NO)ccn1. The highest BCUT2D eigenvalue weighted by Gasteiger charge is 2.08. The van der Waals surface area contributed by atoms with Crippen LogP contribution in [0, 0.1) is 0 Å². The van der Waals surface area contributed by atoms with Crippen molar-refractivity contribution in [1.82, 2.24) is 4.98 Å². The molecule has 100 valence electrons. The second-order valence-electron chi connectivity index (χ2n) is 3.98. The molecule has 0 fully saturated rings. The Morgan fingerprint density at radius 3 is 3.00 bits per heavy atom. The number of anilines is 1. The molecule has 0 saturated carbocycles. The van der Waals surface area contributed by atoms with E-state index in [1.165, 1.54) is 4.88 Å². The van der Waals surface area contributed by atoms with Gasteiger partial charge >= 0.3 is 0 Å². The van der Waals surface area contributed by atoms with Crippen LogP contribution in [0.2, 0.25) is 0 Å². The van der Waals surface area contributed by atoms with Gasteiger partial charge in [0.25, 0.3) is 0 Å². The molecule has 0 amide bonds. The fourth-order valence-corrected chi connectivity index (χ4v) is 3.10. The lowest BCUT2D eigenvalue weighted by atomic mass is 10.2. The molecule has 0 radical (unpaired) electrons. The van der Waals surface area contributed by atoms with Crippen LogP contribution < -0.4 is 10.6 Å². The highest BCUT2D eigenvalue weighted by Crippen LogP contribution is 2.22. The Hall–Kier alpha value is -1.60. The highest BCUT2D eigenvalue weighted by molar-refractivity contribution is 9.10. The molecule has 0 spiro atoms. The number of nitrogens with two attached hydrogens (primary N) is 1. The standard InChI is InChI=1S/C12H13BrN4OS/c1-17(6-10-5-9(13)7-19-10)11-4-8(2-3-15-11)12(14)16-18/h2-5,7,18H,6H2,1H3,(H2,14,16). The van der Waals surface area contributed by atoms with Gasteiger partial charge in [0.05, 0.1) is 6.54 Å². The molecule has 0 aliphatic rings. The van der Waals surface area contributed by atoms with Crippen LogP contribution in [-0.4, -0.2) is 23.1 Å². The molecule has 0 unspecified atom stereocenters. The third-order valence-electron chi connectivity index (χ3n) is 2.55. The number of nitrogens with zero attached hydrogens (tertiary/aromatic N) is 3. The number of halogens is 1. The molecule has 0 aliphatic heterocycles. The minimum atomic E-state index is 0.0796. The lowest BCUT2D eigenvalue weighted by Crippen LogP contribution is -2.19. The molecule has 3 N–H and O–H groups in total. The first-order valence-electron chi connectivity index (χ1n) is 5.48. The number of oxime groups is 1. The molecule has 0 bridgehead atoms. The average Bonchev–Trinajstić information content (AvgIpc) is 2.83. The van der Waals surface area contributed by atoms with E-state index in [2.05, 4.69) is 32.1 Å². The van der Waals surface area contributed by atoms with Crippen molar-refractivity contribution < 1.29 is 5.21 Å². The van der Waals surface area contributed by atoms with Gasteiger partial charge in [0.1, 0.15) is 5.82 Å². The average molecular weight is 341 g/mol. The second-order valence-corrected chi connectivity index (χ2v) is 5.89. The molecule has 0 atom stereocenters. The molecule has 2 rings (SSSR count). The summed E-state index contributed by atoms with van der Waals surface area (Å²) in [5, 5.41) is 13.7. The van der Waals surface area contributed by atoms with Crippen molar-refractivity contribution in [2.75, 3.05) is 11.9 Å². The Balaban J connectivity index is 2.17. The zero-order valence-corrected chi connectivity index (χ0v) is 12.6. The Morgan fingerprint density at radius 1 is 1.58 bits per heavy atom. The summed E-state index contributed by atoms with van der Waals surface area (Å²) in [5.74, 6) is 0.851. The Morgan fingerprint density at radius 2 is 2.37 bits per heavy atom. The van der Waals surface area contributed by atoms with Gasteiger partial charge in [0.2, 0.25) is 0 Å². The second kappa shape index (κ2) is 6.03. The number of amidine groups is 1. The first-order chi connectivity index (χ1) is 9.10. The van der Waals surface area contributed by atoms with Crippen molar-refractivity contribution >= 4 is 38.9 Å². The van der Waals surface area contributed by atoms with E-state index >= 15 is 0 Å². The van der Waals surface area contributed by atoms with Gasteiger partial charge in [-0.3, -0.25) is 0 Å². The van der Waals surface area contributed by atoms with Gasteiger partial charge < -0.3 is 15.8 Å². The van der Waals surface area contributed by atoms with Crippen molar-refractivity contribution in [2.45, 2.75) is 6.54 Å². The van der Waals surface area contributed by atoms with Crippen LogP contribution in [0.25, 0.3) is 0 Å². The van der Waals surface area contributed by atoms with E-state index < -0.39 is 0 Å². The lowest BCUT2D eigenvalue weighted by Gasteiger charge is -2.17. The summed E-state index contributed by atoms with van der Waals surface area (Å²) in [5.41, 5.74) is 6.21. The van der Waals surface area contributed by atoms with Crippen LogP contribution in [-0.2, 0) is 6.54 Å². The largest absolute Gasteiger partial charge is 0.409 e. The number of hydrogen-bond acceptors (Lipinski definition) is 5. The van der Waals surface area contributed by atoms with Crippen molar-refractivity contribution in [1.29, 1.82) is 0 Å². The van der Waals surface area contributed by atoms with E-state index in [4.69, 9.17) is 10.9 Å². The first-order valence-corrected chi connectivity index (χ1v) is 7.15. The number of hydrogen-bond donors (Lipinski definition) is 2. The van der Waals surface area contributed by atoms with Crippen LogP contribution in [0.3, 0.4) is 0 Å². The Bertz CT molecular complexity index is 599. The summed E-state index contributed by atoms with van der Waals surface area (Å²) >= 11 is 5.12. The van der Waals surface area contributed by atoms with Crippen molar-refractivity contribution in [3.63, 3.8) is 0 Å². The van der Waals surface area contributed by atoms with Gasteiger partial charge in [0, 0.05) is 33.5 Å². The normalized spacial score (nSPS) is 11.6.